The van der Waals surface area contributed by atoms with Gasteiger partial charge in [-0.25, -0.2) is 9.36 Å². The largest absolute Gasteiger partial charge is 0.693 e. The van der Waals surface area contributed by atoms with Crippen LogP contribution in [0.25, 0.3) is 0 Å². The van der Waals surface area contributed by atoms with Crippen molar-refractivity contribution in [2.75, 3.05) is 0 Å². The lowest BCUT2D eigenvalue weighted by atomic mass is 10.1. The first-order chi connectivity index (χ1) is 8.59. The summed E-state index contributed by atoms with van der Waals surface area (Å²) >= 11 is 0. The minimum atomic E-state index is -2.11. The molecule has 4 nitrogen and oxygen atoms in total. The van der Waals surface area contributed by atoms with E-state index in [0.29, 0.717) is 5.75 Å². The highest BCUT2D eigenvalue weighted by molar-refractivity contribution is 7.36. The van der Waals surface area contributed by atoms with Crippen LogP contribution in [0.15, 0.2) is 30.3 Å². The van der Waals surface area contributed by atoms with Crippen molar-refractivity contribution in [3.8, 4) is 5.75 Å². The molecular weight excluding hydrogens is 261 g/mol. The van der Waals surface area contributed by atoms with Gasteiger partial charge in [0.25, 0.3) is 0 Å². The molecular formula is C14H23NO3P+. The number of hydrogen-bond donors (Lipinski definition) is 0. The van der Waals surface area contributed by atoms with Gasteiger partial charge in [0, 0.05) is 4.57 Å². The number of hydroxylamine groups is 1. The van der Waals surface area contributed by atoms with Crippen LogP contribution in [0.5, 0.6) is 5.75 Å². The van der Waals surface area contributed by atoms with Gasteiger partial charge in [-0.1, -0.05) is 18.2 Å². The lowest BCUT2D eigenvalue weighted by Crippen LogP contribution is -2.41. The molecule has 1 rings (SSSR count). The molecule has 1 aromatic rings. The zero-order valence-electron chi connectivity index (χ0n) is 12.5. The fourth-order valence-corrected chi connectivity index (χ4v) is 2.46. The minimum Gasteiger partial charge on any atom is -0.250 e. The van der Waals surface area contributed by atoms with Crippen LogP contribution < -0.4 is 4.52 Å². The molecule has 0 saturated heterocycles. The van der Waals surface area contributed by atoms with E-state index < -0.39 is 19.3 Å². The van der Waals surface area contributed by atoms with Crippen molar-refractivity contribution in [2.45, 2.75) is 52.7 Å². The number of para-hydroxylation sites is 1. The summed E-state index contributed by atoms with van der Waals surface area (Å²) in [5.41, 5.74) is -0.853. The monoisotopic (exact) mass is 284 g/mol. The van der Waals surface area contributed by atoms with E-state index >= 15 is 0 Å². The van der Waals surface area contributed by atoms with Crippen molar-refractivity contribution in [2.24, 2.45) is 0 Å². The van der Waals surface area contributed by atoms with Crippen molar-refractivity contribution in [3.05, 3.63) is 30.3 Å². The van der Waals surface area contributed by atoms with Gasteiger partial charge in [-0.3, -0.25) is 0 Å². The Labute approximate surface area is 116 Å². The van der Waals surface area contributed by atoms with Gasteiger partial charge in [-0.05, 0) is 53.7 Å². The second-order valence-corrected chi connectivity index (χ2v) is 7.31. The summed E-state index contributed by atoms with van der Waals surface area (Å²) in [6.45, 7) is 11.5. The Bertz CT molecular complexity index is 421. The molecule has 0 heterocycles. The predicted octanol–water partition coefficient (Wildman–Crippen LogP) is 4.55. The highest BCUT2D eigenvalue weighted by Gasteiger charge is 2.45. The standard InChI is InChI=1S/C14H23NO3P/c1-13(2,3)15(18-14(4,5)6)19(16)17-12-10-8-7-9-11-12/h7-11H,1-6H3/q+1. The zero-order valence-corrected chi connectivity index (χ0v) is 13.4. The van der Waals surface area contributed by atoms with Crippen molar-refractivity contribution >= 4 is 8.18 Å². The summed E-state index contributed by atoms with van der Waals surface area (Å²) in [6.07, 6.45) is 0. The Morgan fingerprint density at radius 1 is 1.00 bits per heavy atom. The number of nitrogens with zero attached hydrogens (tertiary/aromatic N) is 1. The molecule has 5 heteroatoms. The second kappa shape index (κ2) is 6.00. The summed E-state index contributed by atoms with van der Waals surface area (Å²) in [5, 5.41) is 0. The summed E-state index contributed by atoms with van der Waals surface area (Å²) in [6, 6.07) is 9.10. The van der Waals surface area contributed by atoms with Crippen molar-refractivity contribution in [3.63, 3.8) is 0 Å². The first kappa shape index (κ1) is 16.1. The maximum absolute atomic E-state index is 12.4. The second-order valence-electron chi connectivity index (χ2n) is 6.29. The van der Waals surface area contributed by atoms with E-state index in [1.54, 1.807) is 12.1 Å². The Balaban J connectivity index is 2.84. The fraction of sp³-hybridized carbons (Fsp3) is 0.571. The smallest absolute Gasteiger partial charge is 0.250 e. The molecule has 0 aliphatic carbocycles. The first-order valence-electron chi connectivity index (χ1n) is 6.29. The van der Waals surface area contributed by atoms with Gasteiger partial charge < -0.3 is 0 Å². The van der Waals surface area contributed by atoms with Crippen LogP contribution in [0.2, 0.25) is 0 Å². The number of benzene rings is 1. The van der Waals surface area contributed by atoms with Gasteiger partial charge in [0.15, 0.2) is 5.75 Å². The summed E-state index contributed by atoms with van der Waals surface area (Å²) in [5.74, 6) is 0.565. The third-order valence-corrected chi connectivity index (χ3v) is 3.35. The summed E-state index contributed by atoms with van der Waals surface area (Å²) < 4.78 is 17.8. The van der Waals surface area contributed by atoms with E-state index in [4.69, 9.17) is 9.36 Å². The molecule has 0 aromatic heterocycles. The molecule has 0 radical (unpaired) electrons. The molecule has 1 aromatic carbocycles. The van der Waals surface area contributed by atoms with Crippen molar-refractivity contribution in [1.82, 2.24) is 4.83 Å². The summed E-state index contributed by atoms with van der Waals surface area (Å²) in [7, 11) is -2.11. The average Bonchev–Trinajstić information content (AvgIpc) is 2.24. The average molecular weight is 284 g/mol. The molecule has 0 aliphatic heterocycles. The van der Waals surface area contributed by atoms with Crippen LogP contribution in [-0.2, 0) is 9.40 Å². The minimum absolute atomic E-state index is 0.421. The van der Waals surface area contributed by atoms with Gasteiger partial charge in [0.1, 0.15) is 0 Å². The molecule has 0 bridgehead atoms. The first-order valence-corrected chi connectivity index (χ1v) is 7.42. The summed E-state index contributed by atoms with van der Waals surface area (Å²) in [4.78, 5) is 7.19. The van der Waals surface area contributed by atoms with E-state index in [1.807, 2.05) is 59.7 Å². The number of hydrogen-bond acceptors (Lipinski definition) is 3. The van der Waals surface area contributed by atoms with Gasteiger partial charge in [0.05, 0.1) is 16.0 Å². The molecule has 0 amide bonds. The van der Waals surface area contributed by atoms with Crippen molar-refractivity contribution in [1.29, 1.82) is 0 Å². The van der Waals surface area contributed by atoms with E-state index in [0.717, 1.165) is 0 Å². The van der Waals surface area contributed by atoms with Gasteiger partial charge in [0.2, 0.25) is 0 Å². The lowest BCUT2D eigenvalue weighted by molar-refractivity contribution is -0.210. The van der Waals surface area contributed by atoms with E-state index in [1.165, 1.54) is 4.83 Å². The normalized spacial score (nSPS) is 13.5. The molecule has 0 saturated carbocycles. The van der Waals surface area contributed by atoms with Crippen LogP contribution in [0, 0.1) is 0 Å². The molecule has 0 N–H and O–H groups in total. The van der Waals surface area contributed by atoms with E-state index in [9.17, 15) is 4.57 Å². The van der Waals surface area contributed by atoms with E-state index in [2.05, 4.69) is 0 Å². The SMILES string of the molecule is CC(C)(C)ON([P+](=O)Oc1ccccc1)C(C)(C)C. The quantitative estimate of drug-likeness (QED) is 0.600. The molecule has 1 atom stereocenters. The highest BCUT2D eigenvalue weighted by Crippen LogP contribution is 2.39. The van der Waals surface area contributed by atoms with Gasteiger partial charge >= 0.3 is 8.18 Å². The molecule has 0 aliphatic rings. The molecule has 0 spiro atoms. The Morgan fingerprint density at radius 2 is 1.53 bits per heavy atom. The predicted molar refractivity (Wildman–Crippen MR) is 77.1 cm³/mol. The third kappa shape index (κ3) is 5.68. The third-order valence-electron chi connectivity index (χ3n) is 2.01. The highest BCUT2D eigenvalue weighted by atomic mass is 31.1. The topological polar surface area (TPSA) is 38.8 Å². The Hall–Kier alpha value is -0.960. The maximum Gasteiger partial charge on any atom is 0.693 e. The molecule has 1 unspecified atom stereocenters. The van der Waals surface area contributed by atoms with Crippen LogP contribution in [0.1, 0.15) is 41.5 Å². The molecule has 106 valence electrons. The maximum atomic E-state index is 12.4. The van der Waals surface area contributed by atoms with Crippen molar-refractivity contribution < 1.29 is 13.9 Å². The number of rotatable bonds is 4. The van der Waals surface area contributed by atoms with Crippen LogP contribution >= 0.6 is 8.18 Å². The van der Waals surface area contributed by atoms with Crippen LogP contribution in [-0.4, -0.2) is 16.0 Å². The molecule has 0 fully saturated rings. The van der Waals surface area contributed by atoms with Crippen LogP contribution in [0.3, 0.4) is 0 Å². The Morgan fingerprint density at radius 3 is 1.95 bits per heavy atom. The molecule has 19 heavy (non-hydrogen) atoms. The Kier molecular flexibility index (Phi) is 5.08. The lowest BCUT2D eigenvalue weighted by Gasteiger charge is -2.29. The van der Waals surface area contributed by atoms with E-state index in [-0.39, 0.29) is 0 Å². The fourth-order valence-electron chi connectivity index (χ4n) is 1.28. The van der Waals surface area contributed by atoms with Gasteiger partial charge in [-0.15, -0.1) is 0 Å². The zero-order chi connectivity index (χ0) is 14.7. The van der Waals surface area contributed by atoms with Crippen LogP contribution in [0.4, 0.5) is 0 Å². The van der Waals surface area contributed by atoms with Gasteiger partial charge in [-0.2, -0.15) is 0 Å².